The van der Waals surface area contributed by atoms with Crippen molar-refractivity contribution in [1.82, 2.24) is 0 Å². The Balaban J connectivity index is 0.980. The molecule has 0 bridgehead atoms. The van der Waals surface area contributed by atoms with Crippen molar-refractivity contribution >= 4 is 49.8 Å². The highest BCUT2D eigenvalue weighted by Gasteiger charge is 2.52. The summed E-state index contributed by atoms with van der Waals surface area (Å²) in [5.74, 6) is 0. The highest BCUT2D eigenvalue weighted by atomic mass is 16.3. The minimum atomic E-state index is -0.434. The fourth-order valence-electron chi connectivity index (χ4n) is 11.7. The number of fused-ring (bicyclic) bond motifs is 14. The molecule has 0 N–H and O–H groups in total. The van der Waals surface area contributed by atoms with Gasteiger partial charge in [-0.3, -0.25) is 0 Å². The Kier molecular flexibility index (Phi) is 8.23. The normalized spacial score (nSPS) is 12.9. The lowest BCUT2D eigenvalue weighted by atomic mass is 9.70. The van der Waals surface area contributed by atoms with Crippen LogP contribution in [0.5, 0.6) is 0 Å². The molecule has 1 heterocycles. The Morgan fingerprint density at radius 3 is 1.64 bits per heavy atom. The summed E-state index contributed by atoms with van der Waals surface area (Å²) in [6, 6.07) is 91.4. The summed E-state index contributed by atoms with van der Waals surface area (Å²) in [6.45, 7) is 0. The highest BCUT2D eigenvalue weighted by molar-refractivity contribution is 6.07. The van der Waals surface area contributed by atoms with Crippen molar-refractivity contribution in [1.29, 1.82) is 0 Å². The van der Waals surface area contributed by atoms with E-state index in [1.165, 1.54) is 77.5 Å². The van der Waals surface area contributed by atoms with E-state index in [-0.39, 0.29) is 0 Å². The number of hydrogen-bond donors (Lipinski definition) is 0. The van der Waals surface area contributed by atoms with E-state index in [9.17, 15) is 0 Å². The summed E-state index contributed by atoms with van der Waals surface area (Å²) in [4.78, 5) is 2.45. The largest absolute Gasteiger partial charge is 0.456 e. The summed E-state index contributed by atoms with van der Waals surface area (Å²) in [5.41, 5.74) is 22.2. The van der Waals surface area contributed by atoms with Crippen molar-refractivity contribution in [2.45, 2.75) is 5.41 Å². The Hall–Kier alpha value is -8.72. The molecule has 67 heavy (non-hydrogen) atoms. The summed E-state index contributed by atoms with van der Waals surface area (Å²) >= 11 is 0. The van der Waals surface area contributed by atoms with Crippen LogP contribution in [0.25, 0.3) is 88.3 Å². The van der Waals surface area contributed by atoms with Gasteiger partial charge in [-0.1, -0.05) is 200 Å². The molecule has 0 fully saturated rings. The van der Waals surface area contributed by atoms with Crippen LogP contribution in [0.2, 0.25) is 0 Å². The standard InChI is InChI=1S/C65H41NO/c1-2-20-48-42(16-1)17-14-26-49(48)43-34-37-46(38-35-43)66(47-19-13-18-44(40-47)45-36-39-63-56(41-45)53-24-7-12-33-62(53)67-63)61-32-11-6-23-52(61)54-27-15-31-60-64(54)55-25-5-10-30-59(55)65(60)57-28-8-3-21-50(57)51-22-4-9-29-58(51)65/h1-41H. The van der Waals surface area contributed by atoms with Gasteiger partial charge in [-0.2, -0.15) is 0 Å². The number of hydrogen-bond acceptors (Lipinski definition) is 2. The van der Waals surface area contributed by atoms with Crippen LogP contribution < -0.4 is 4.90 Å². The molecule has 1 spiro atoms. The number of nitrogens with zero attached hydrogens (tertiary/aromatic N) is 1. The third-order valence-corrected chi connectivity index (χ3v) is 14.5. The van der Waals surface area contributed by atoms with Gasteiger partial charge in [0.15, 0.2) is 0 Å². The fourth-order valence-corrected chi connectivity index (χ4v) is 11.7. The third-order valence-electron chi connectivity index (χ3n) is 14.5. The van der Waals surface area contributed by atoms with Crippen LogP contribution in [0.3, 0.4) is 0 Å². The van der Waals surface area contributed by atoms with Crippen LogP contribution in [-0.4, -0.2) is 0 Å². The molecule has 0 amide bonds. The van der Waals surface area contributed by atoms with E-state index in [1.807, 2.05) is 12.1 Å². The van der Waals surface area contributed by atoms with Crippen molar-refractivity contribution in [3.63, 3.8) is 0 Å². The maximum absolute atomic E-state index is 6.25. The molecule has 2 heteroatoms. The Morgan fingerprint density at radius 2 is 0.836 bits per heavy atom. The molecular formula is C65H41NO. The second kappa shape index (κ2) is 14.7. The lowest BCUT2D eigenvalue weighted by molar-refractivity contribution is 0.669. The van der Waals surface area contributed by atoms with Crippen molar-refractivity contribution < 1.29 is 4.42 Å². The number of furan rings is 1. The van der Waals surface area contributed by atoms with Crippen molar-refractivity contribution in [3.05, 3.63) is 271 Å². The molecule has 11 aromatic carbocycles. The molecule has 0 aliphatic heterocycles. The van der Waals surface area contributed by atoms with Crippen LogP contribution in [0.15, 0.2) is 253 Å². The maximum Gasteiger partial charge on any atom is 0.135 e. The van der Waals surface area contributed by atoms with Gasteiger partial charge >= 0.3 is 0 Å². The molecule has 2 aliphatic carbocycles. The molecule has 2 aliphatic rings. The molecule has 0 radical (unpaired) electrons. The molecule has 0 saturated carbocycles. The summed E-state index contributed by atoms with van der Waals surface area (Å²) in [6.07, 6.45) is 0. The lowest BCUT2D eigenvalue weighted by Crippen LogP contribution is -2.25. The van der Waals surface area contributed by atoms with E-state index in [4.69, 9.17) is 4.42 Å². The molecule has 0 saturated heterocycles. The third kappa shape index (κ3) is 5.51. The van der Waals surface area contributed by atoms with Crippen LogP contribution in [0.4, 0.5) is 17.1 Å². The van der Waals surface area contributed by atoms with E-state index in [0.717, 1.165) is 50.1 Å². The summed E-state index contributed by atoms with van der Waals surface area (Å²) in [7, 11) is 0. The fraction of sp³-hybridized carbons (Fsp3) is 0.0154. The molecule has 14 rings (SSSR count). The van der Waals surface area contributed by atoms with Crippen molar-refractivity contribution in [3.8, 4) is 55.6 Å². The predicted molar refractivity (Wildman–Crippen MR) is 279 cm³/mol. The minimum absolute atomic E-state index is 0.434. The average molecular weight is 852 g/mol. The number of para-hydroxylation sites is 2. The van der Waals surface area contributed by atoms with E-state index < -0.39 is 5.41 Å². The van der Waals surface area contributed by atoms with Gasteiger partial charge in [-0.15, -0.1) is 0 Å². The molecule has 312 valence electrons. The Bertz CT molecular complexity index is 3900. The predicted octanol–water partition coefficient (Wildman–Crippen LogP) is 17.6. The van der Waals surface area contributed by atoms with E-state index in [2.05, 4.69) is 241 Å². The highest BCUT2D eigenvalue weighted by Crippen LogP contribution is 2.64. The van der Waals surface area contributed by atoms with Crippen LogP contribution in [0, 0.1) is 0 Å². The van der Waals surface area contributed by atoms with E-state index in [1.54, 1.807) is 0 Å². The maximum atomic E-state index is 6.25. The van der Waals surface area contributed by atoms with Gasteiger partial charge in [-0.25, -0.2) is 0 Å². The zero-order chi connectivity index (χ0) is 44.1. The second-order valence-electron chi connectivity index (χ2n) is 17.9. The van der Waals surface area contributed by atoms with E-state index >= 15 is 0 Å². The van der Waals surface area contributed by atoms with Gasteiger partial charge < -0.3 is 9.32 Å². The summed E-state index contributed by atoms with van der Waals surface area (Å²) in [5, 5.41) is 4.73. The first-order chi connectivity index (χ1) is 33.2. The van der Waals surface area contributed by atoms with Crippen LogP contribution in [-0.2, 0) is 5.41 Å². The van der Waals surface area contributed by atoms with Gasteiger partial charge in [-0.05, 0) is 132 Å². The zero-order valence-electron chi connectivity index (χ0n) is 36.5. The molecule has 12 aromatic rings. The first kappa shape index (κ1) is 37.6. The molecule has 0 atom stereocenters. The first-order valence-corrected chi connectivity index (χ1v) is 23.2. The van der Waals surface area contributed by atoms with Crippen LogP contribution in [0.1, 0.15) is 22.3 Å². The SMILES string of the molecule is c1cc(-c2ccc3oc4ccccc4c3c2)cc(N(c2ccc(-c3cccc4ccccc34)cc2)c2ccccc2-c2cccc3c2-c2ccccc2C32c3ccccc3-c3ccccc32)c1. The number of anilines is 3. The minimum Gasteiger partial charge on any atom is -0.456 e. The molecule has 0 unspecified atom stereocenters. The monoisotopic (exact) mass is 851 g/mol. The van der Waals surface area contributed by atoms with Gasteiger partial charge in [0.1, 0.15) is 11.2 Å². The Morgan fingerprint density at radius 1 is 0.299 bits per heavy atom. The topological polar surface area (TPSA) is 16.4 Å². The number of rotatable bonds is 6. The second-order valence-corrected chi connectivity index (χ2v) is 17.9. The molecule has 2 nitrogen and oxygen atoms in total. The van der Waals surface area contributed by atoms with Gasteiger partial charge in [0.05, 0.1) is 11.1 Å². The molecule has 1 aromatic heterocycles. The van der Waals surface area contributed by atoms with E-state index in [0.29, 0.717) is 0 Å². The first-order valence-electron chi connectivity index (χ1n) is 23.2. The molecular weight excluding hydrogens is 811 g/mol. The van der Waals surface area contributed by atoms with Gasteiger partial charge in [0, 0.05) is 27.7 Å². The van der Waals surface area contributed by atoms with Gasteiger partial charge in [0.25, 0.3) is 0 Å². The Labute approximate surface area is 389 Å². The quantitative estimate of drug-likeness (QED) is 0.166. The average Bonchev–Trinajstić information content (AvgIpc) is 4.03. The van der Waals surface area contributed by atoms with Crippen molar-refractivity contribution in [2.75, 3.05) is 4.90 Å². The lowest BCUT2D eigenvalue weighted by Gasteiger charge is -2.31. The van der Waals surface area contributed by atoms with Gasteiger partial charge in [0.2, 0.25) is 0 Å². The zero-order valence-corrected chi connectivity index (χ0v) is 36.5. The summed E-state index contributed by atoms with van der Waals surface area (Å²) < 4.78 is 6.25. The number of benzene rings is 11. The smallest absolute Gasteiger partial charge is 0.135 e. The van der Waals surface area contributed by atoms with Crippen molar-refractivity contribution in [2.24, 2.45) is 0 Å². The van der Waals surface area contributed by atoms with Crippen LogP contribution >= 0.6 is 0 Å².